The van der Waals surface area contributed by atoms with Crippen molar-refractivity contribution in [2.45, 2.75) is 6.18 Å². The fraction of sp³-hybridized carbons (Fsp3) is 0.0714. The first-order chi connectivity index (χ1) is 8.97. The van der Waals surface area contributed by atoms with Gasteiger partial charge in [-0.25, -0.2) is 4.79 Å². The highest BCUT2D eigenvalue weighted by atomic mass is 19.4. The van der Waals surface area contributed by atoms with E-state index in [1.807, 2.05) is 0 Å². The lowest BCUT2D eigenvalue weighted by molar-refractivity contribution is -0.139. The smallest absolute Gasteiger partial charge is 0.422 e. The van der Waals surface area contributed by atoms with Gasteiger partial charge in [0.1, 0.15) is 11.1 Å². The Balaban J connectivity index is 2.49. The molecular weight excluding hydrogens is 257 g/mol. The van der Waals surface area contributed by atoms with E-state index in [1.165, 1.54) is 6.07 Å². The van der Waals surface area contributed by atoms with Gasteiger partial charge in [-0.2, -0.15) is 13.2 Å². The summed E-state index contributed by atoms with van der Waals surface area (Å²) < 4.78 is 42.9. The molecule has 0 aliphatic heterocycles. The predicted octanol–water partition coefficient (Wildman–Crippen LogP) is 3.97. The fourth-order valence-corrected chi connectivity index (χ4v) is 2.07. The minimum atomic E-state index is -4.72. The zero-order valence-electron chi connectivity index (χ0n) is 9.49. The molecule has 2 aromatic carbocycles. The van der Waals surface area contributed by atoms with E-state index < -0.39 is 17.4 Å². The molecule has 0 radical (unpaired) electrons. The highest BCUT2D eigenvalue weighted by Crippen LogP contribution is 2.31. The van der Waals surface area contributed by atoms with Crippen LogP contribution in [-0.2, 0) is 6.18 Å². The molecule has 2 nitrogen and oxygen atoms in total. The SMILES string of the molecule is O=c1oc2ccc3ccccc3c2cc1C(F)(F)F. The topological polar surface area (TPSA) is 30.2 Å². The van der Waals surface area contributed by atoms with Gasteiger partial charge in [-0.1, -0.05) is 30.3 Å². The van der Waals surface area contributed by atoms with Crippen LogP contribution < -0.4 is 5.63 Å². The molecule has 0 fully saturated rings. The highest BCUT2D eigenvalue weighted by molar-refractivity contribution is 6.05. The van der Waals surface area contributed by atoms with Crippen molar-refractivity contribution in [3.63, 3.8) is 0 Å². The van der Waals surface area contributed by atoms with Crippen molar-refractivity contribution in [1.82, 2.24) is 0 Å². The zero-order chi connectivity index (χ0) is 13.6. The van der Waals surface area contributed by atoms with E-state index in [1.54, 1.807) is 30.3 Å². The third-order valence-corrected chi connectivity index (χ3v) is 2.95. The van der Waals surface area contributed by atoms with Crippen LogP contribution in [0.25, 0.3) is 21.7 Å². The standard InChI is InChI=1S/C14H7F3O2/c15-14(16,17)11-7-10-9-4-2-1-3-8(9)5-6-12(10)19-13(11)18/h1-7H. The van der Waals surface area contributed by atoms with Crippen molar-refractivity contribution in [3.05, 3.63) is 58.4 Å². The van der Waals surface area contributed by atoms with Crippen molar-refractivity contribution in [3.8, 4) is 0 Å². The Hall–Kier alpha value is -2.30. The second-order valence-electron chi connectivity index (χ2n) is 4.14. The molecular formula is C14H7F3O2. The lowest BCUT2D eigenvalue weighted by Gasteiger charge is -2.07. The average molecular weight is 264 g/mol. The van der Waals surface area contributed by atoms with E-state index >= 15 is 0 Å². The van der Waals surface area contributed by atoms with Crippen LogP contribution in [0.1, 0.15) is 5.56 Å². The normalized spacial score (nSPS) is 12.2. The van der Waals surface area contributed by atoms with Crippen LogP contribution in [0, 0.1) is 0 Å². The van der Waals surface area contributed by atoms with Crippen LogP contribution in [-0.4, -0.2) is 0 Å². The summed E-state index contributed by atoms with van der Waals surface area (Å²) in [5, 5.41) is 1.69. The number of halogens is 3. The molecule has 0 bridgehead atoms. The first-order valence-corrected chi connectivity index (χ1v) is 5.49. The number of hydrogen-bond acceptors (Lipinski definition) is 2. The third kappa shape index (κ3) is 1.87. The van der Waals surface area contributed by atoms with Crippen molar-refractivity contribution in [2.24, 2.45) is 0 Å². The van der Waals surface area contributed by atoms with E-state index in [0.717, 1.165) is 11.5 Å². The molecule has 3 rings (SSSR count). The van der Waals surface area contributed by atoms with E-state index in [4.69, 9.17) is 4.42 Å². The van der Waals surface area contributed by atoms with Crippen LogP contribution in [0.2, 0.25) is 0 Å². The lowest BCUT2D eigenvalue weighted by Crippen LogP contribution is -2.17. The Morgan fingerprint density at radius 2 is 1.68 bits per heavy atom. The highest BCUT2D eigenvalue weighted by Gasteiger charge is 2.35. The summed E-state index contributed by atoms with van der Waals surface area (Å²) in [6.45, 7) is 0. The van der Waals surface area contributed by atoms with Crippen LogP contribution in [0.3, 0.4) is 0 Å². The molecule has 0 unspecified atom stereocenters. The third-order valence-electron chi connectivity index (χ3n) is 2.95. The molecule has 1 heterocycles. The van der Waals surface area contributed by atoms with Gasteiger partial charge < -0.3 is 4.42 Å². The van der Waals surface area contributed by atoms with Gasteiger partial charge in [0, 0.05) is 5.39 Å². The van der Waals surface area contributed by atoms with Gasteiger partial charge in [-0.3, -0.25) is 0 Å². The summed E-state index contributed by atoms with van der Waals surface area (Å²) in [6, 6.07) is 11.0. The predicted molar refractivity (Wildman–Crippen MR) is 65.0 cm³/mol. The first kappa shape index (κ1) is 11.8. The van der Waals surface area contributed by atoms with Crippen molar-refractivity contribution >= 4 is 21.7 Å². The molecule has 0 aliphatic carbocycles. The largest absolute Gasteiger partial charge is 0.423 e. The molecule has 0 spiro atoms. The molecule has 0 saturated carbocycles. The summed E-state index contributed by atoms with van der Waals surface area (Å²) in [5.74, 6) is 0. The number of rotatable bonds is 0. The van der Waals surface area contributed by atoms with Crippen LogP contribution >= 0.6 is 0 Å². The number of alkyl halides is 3. The van der Waals surface area contributed by atoms with Gasteiger partial charge in [-0.05, 0) is 22.9 Å². The summed E-state index contributed by atoms with van der Waals surface area (Å²) in [5.41, 5.74) is -2.50. The lowest BCUT2D eigenvalue weighted by atomic mass is 10.0. The zero-order valence-corrected chi connectivity index (χ0v) is 9.49. The Bertz CT molecular complexity index is 831. The van der Waals surface area contributed by atoms with Crippen molar-refractivity contribution in [1.29, 1.82) is 0 Å². The van der Waals surface area contributed by atoms with E-state index in [2.05, 4.69) is 0 Å². The Morgan fingerprint density at radius 3 is 2.42 bits per heavy atom. The van der Waals surface area contributed by atoms with Gasteiger partial charge in [-0.15, -0.1) is 0 Å². The molecule has 19 heavy (non-hydrogen) atoms. The monoisotopic (exact) mass is 264 g/mol. The molecule has 0 N–H and O–H groups in total. The van der Waals surface area contributed by atoms with Crippen LogP contribution in [0.5, 0.6) is 0 Å². The number of hydrogen-bond donors (Lipinski definition) is 0. The van der Waals surface area contributed by atoms with Crippen molar-refractivity contribution < 1.29 is 17.6 Å². The second-order valence-corrected chi connectivity index (χ2v) is 4.14. The fourth-order valence-electron chi connectivity index (χ4n) is 2.07. The maximum absolute atomic E-state index is 12.7. The Labute approximate surface area is 105 Å². The average Bonchev–Trinajstić information content (AvgIpc) is 2.36. The molecule has 3 aromatic rings. The maximum atomic E-state index is 12.7. The van der Waals surface area contributed by atoms with Gasteiger partial charge in [0.25, 0.3) is 0 Å². The van der Waals surface area contributed by atoms with Gasteiger partial charge >= 0.3 is 11.8 Å². The summed E-state index contributed by atoms with van der Waals surface area (Å²) in [6.07, 6.45) is -4.72. The quantitative estimate of drug-likeness (QED) is 0.454. The Morgan fingerprint density at radius 1 is 0.947 bits per heavy atom. The van der Waals surface area contributed by atoms with Crippen LogP contribution in [0.15, 0.2) is 51.7 Å². The van der Waals surface area contributed by atoms with Gasteiger partial charge in [0.15, 0.2) is 0 Å². The maximum Gasteiger partial charge on any atom is 0.423 e. The summed E-state index contributed by atoms with van der Waals surface area (Å²) in [4.78, 5) is 11.3. The summed E-state index contributed by atoms with van der Waals surface area (Å²) in [7, 11) is 0. The van der Waals surface area contributed by atoms with E-state index in [-0.39, 0.29) is 11.0 Å². The number of benzene rings is 2. The first-order valence-electron chi connectivity index (χ1n) is 5.49. The molecule has 5 heteroatoms. The van der Waals surface area contributed by atoms with E-state index in [9.17, 15) is 18.0 Å². The number of fused-ring (bicyclic) bond motifs is 3. The van der Waals surface area contributed by atoms with Gasteiger partial charge in [0.05, 0.1) is 0 Å². The molecule has 0 amide bonds. The molecule has 96 valence electrons. The van der Waals surface area contributed by atoms with E-state index in [0.29, 0.717) is 5.39 Å². The van der Waals surface area contributed by atoms with Gasteiger partial charge in [0.2, 0.25) is 0 Å². The minimum Gasteiger partial charge on any atom is -0.422 e. The molecule has 0 atom stereocenters. The molecule has 1 aromatic heterocycles. The minimum absolute atomic E-state index is 0.150. The van der Waals surface area contributed by atoms with Crippen LogP contribution in [0.4, 0.5) is 13.2 Å². The molecule has 0 aliphatic rings. The summed E-state index contributed by atoms with van der Waals surface area (Å²) >= 11 is 0. The molecule has 0 saturated heterocycles. The Kier molecular flexibility index (Phi) is 2.38. The second kappa shape index (κ2) is 3.85. The van der Waals surface area contributed by atoms with Crippen molar-refractivity contribution in [2.75, 3.05) is 0 Å².